The number of hydrogen-bond acceptors (Lipinski definition) is 7. The van der Waals surface area contributed by atoms with Crippen LogP contribution in [0.25, 0.3) is 16.8 Å². The second-order valence-corrected chi connectivity index (χ2v) is 7.55. The second kappa shape index (κ2) is 9.45. The summed E-state index contributed by atoms with van der Waals surface area (Å²) in [6.07, 6.45) is 1.62. The lowest BCUT2D eigenvalue weighted by Gasteiger charge is -2.14. The van der Waals surface area contributed by atoms with E-state index >= 15 is 0 Å². The van der Waals surface area contributed by atoms with E-state index in [9.17, 15) is 5.26 Å². The number of allylic oxidation sites excluding steroid dienone is 1. The van der Waals surface area contributed by atoms with Gasteiger partial charge in [0, 0.05) is 39.4 Å². The Balaban J connectivity index is 1.86. The predicted octanol–water partition coefficient (Wildman–Crippen LogP) is 5.57. The number of methoxy groups -OCH3 is 3. The first kappa shape index (κ1) is 20.7. The molecule has 0 spiro atoms. The van der Waals surface area contributed by atoms with Gasteiger partial charge >= 0.3 is 0 Å². The van der Waals surface area contributed by atoms with E-state index in [0.717, 1.165) is 15.7 Å². The maximum absolute atomic E-state index is 9.59. The molecule has 0 aliphatic carbocycles. The summed E-state index contributed by atoms with van der Waals surface area (Å²) in [6.45, 7) is 0. The number of rotatable bonds is 7. The van der Waals surface area contributed by atoms with Crippen molar-refractivity contribution in [1.29, 1.82) is 5.26 Å². The van der Waals surface area contributed by atoms with Crippen LogP contribution < -0.4 is 19.5 Å². The third kappa shape index (κ3) is 4.70. The Bertz CT molecular complexity index is 1050. The quantitative estimate of drug-likeness (QED) is 0.453. The number of nitrogens with one attached hydrogen (secondary N) is 1. The van der Waals surface area contributed by atoms with Gasteiger partial charge in [-0.05, 0) is 12.1 Å². The van der Waals surface area contributed by atoms with Gasteiger partial charge in [0.05, 0.1) is 27.0 Å². The van der Waals surface area contributed by atoms with Gasteiger partial charge in [0.25, 0.3) is 0 Å². The fraction of sp³-hybridized carbons (Fsp3) is 0.143. The van der Waals surface area contributed by atoms with Crippen LogP contribution in [0.3, 0.4) is 0 Å². The van der Waals surface area contributed by atoms with Crippen LogP contribution in [-0.4, -0.2) is 26.3 Å². The SMILES string of the molecule is COc1cc(NC=C(C#N)c2nc(-c3ccc(Br)cc3)cs2)cc(OC)c1OC. The first-order chi connectivity index (χ1) is 14.1. The molecule has 29 heavy (non-hydrogen) atoms. The maximum Gasteiger partial charge on any atom is 0.203 e. The van der Waals surface area contributed by atoms with Gasteiger partial charge in [-0.1, -0.05) is 28.1 Å². The summed E-state index contributed by atoms with van der Waals surface area (Å²) >= 11 is 4.84. The minimum Gasteiger partial charge on any atom is -0.493 e. The van der Waals surface area contributed by atoms with Crippen LogP contribution in [0.4, 0.5) is 5.69 Å². The van der Waals surface area contributed by atoms with E-state index in [1.807, 2.05) is 29.6 Å². The van der Waals surface area contributed by atoms with E-state index < -0.39 is 0 Å². The normalized spacial score (nSPS) is 10.9. The highest BCUT2D eigenvalue weighted by Gasteiger charge is 2.13. The van der Waals surface area contributed by atoms with Crippen molar-refractivity contribution >= 4 is 38.5 Å². The van der Waals surface area contributed by atoms with Gasteiger partial charge in [0.15, 0.2) is 11.5 Å². The number of anilines is 1. The van der Waals surface area contributed by atoms with E-state index in [2.05, 4.69) is 32.3 Å². The van der Waals surface area contributed by atoms with E-state index in [4.69, 9.17) is 14.2 Å². The van der Waals surface area contributed by atoms with Crippen molar-refractivity contribution in [1.82, 2.24) is 4.98 Å². The third-order valence-corrected chi connectivity index (χ3v) is 5.45. The van der Waals surface area contributed by atoms with Gasteiger partial charge in [0.1, 0.15) is 16.6 Å². The molecule has 0 aliphatic heterocycles. The molecule has 1 N–H and O–H groups in total. The molecule has 0 saturated carbocycles. The van der Waals surface area contributed by atoms with Crippen molar-refractivity contribution in [3.8, 4) is 34.6 Å². The lowest BCUT2D eigenvalue weighted by atomic mass is 10.2. The average Bonchev–Trinajstić information content (AvgIpc) is 3.23. The zero-order valence-corrected chi connectivity index (χ0v) is 18.4. The standard InChI is InChI=1S/C21H18BrN3O3S/c1-26-18-8-16(9-19(27-2)20(18)28-3)24-11-14(10-23)21-25-17(12-29-21)13-4-6-15(22)7-5-13/h4-9,11-12,24H,1-3H3. The van der Waals surface area contributed by atoms with Crippen LogP contribution in [0, 0.1) is 11.3 Å². The number of nitriles is 1. The monoisotopic (exact) mass is 471 g/mol. The van der Waals surface area contributed by atoms with E-state index in [0.29, 0.717) is 33.5 Å². The first-order valence-electron chi connectivity index (χ1n) is 8.48. The summed E-state index contributed by atoms with van der Waals surface area (Å²) in [5, 5.41) is 15.3. The van der Waals surface area contributed by atoms with E-state index in [1.165, 1.54) is 11.3 Å². The van der Waals surface area contributed by atoms with Crippen molar-refractivity contribution in [2.45, 2.75) is 0 Å². The van der Waals surface area contributed by atoms with Gasteiger partial charge in [-0.3, -0.25) is 0 Å². The Labute approximate surface area is 181 Å². The highest BCUT2D eigenvalue weighted by molar-refractivity contribution is 9.10. The van der Waals surface area contributed by atoms with Crippen molar-refractivity contribution in [2.75, 3.05) is 26.6 Å². The zero-order chi connectivity index (χ0) is 20.8. The lowest BCUT2D eigenvalue weighted by Crippen LogP contribution is -1.98. The Kier molecular flexibility index (Phi) is 6.75. The number of hydrogen-bond donors (Lipinski definition) is 1. The van der Waals surface area contributed by atoms with Crippen LogP contribution in [0.1, 0.15) is 5.01 Å². The van der Waals surface area contributed by atoms with Crippen LogP contribution in [0.5, 0.6) is 17.2 Å². The second-order valence-electron chi connectivity index (χ2n) is 5.77. The molecule has 0 atom stereocenters. The van der Waals surface area contributed by atoms with Crippen molar-refractivity contribution in [3.63, 3.8) is 0 Å². The number of halogens is 1. The highest BCUT2D eigenvalue weighted by atomic mass is 79.9. The topological polar surface area (TPSA) is 76.4 Å². The number of thiazole rings is 1. The van der Waals surface area contributed by atoms with Crippen LogP contribution in [0.2, 0.25) is 0 Å². The molecule has 2 aromatic carbocycles. The predicted molar refractivity (Wildman–Crippen MR) is 119 cm³/mol. The van der Waals surface area contributed by atoms with E-state index in [1.54, 1.807) is 39.7 Å². The Morgan fingerprint density at radius 3 is 2.31 bits per heavy atom. The molecule has 0 unspecified atom stereocenters. The van der Waals surface area contributed by atoms with Crippen LogP contribution >= 0.6 is 27.3 Å². The van der Waals surface area contributed by atoms with Crippen molar-refractivity contribution in [2.24, 2.45) is 0 Å². The van der Waals surface area contributed by atoms with Crippen molar-refractivity contribution < 1.29 is 14.2 Å². The first-order valence-corrected chi connectivity index (χ1v) is 10.2. The lowest BCUT2D eigenvalue weighted by molar-refractivity contribution is 0.324. The molecular weight excluding hydrogens is 454 g/mol. The van der Waals surface area contributed by atoms with Gasteiger partial charge in [-0.15, -0.1) is 11.3 Å². The minimum atomic E-state index is 0.423. The summed E-state index contributed by atoms with van der Waals surface area (Å²) < 4.78 is 17.0. The molecule has 0 bridgehead atoms. The van der Waals surface area contributed by atoms with Gasteiger partial charge in [-0.2, -0.15) is 5.26 Å². The summed E-state index contributed by atoms with van der Waals surface area (Å²) in [5.74, 6) is 1.55. The molecule has 0 fully saturated rings. The number of ether oxygens (including phenoxy) is 3. The molecule has 148 valence electrons. The molecule has 0 amide bonds. The van der Waals surface area contributed by atoms with Gasteiger partial charge in [-0.25, -0.2) is 4.98 Å². The number of aromatic nitrogens is 1. The molecule has 0 saturated heterocycles. The van der Waals surface area contributed by atoms with Crippen LogP contribution in [0.15, 0.2) is 52.5 Å². The number of benzene rings is 2. The summed E-state index contributed by atoms with van der Waals surface area (Å²) in [6, 6.07) is 13.6. The molecule has 1 heterocycles. The smallest absolute Gasteiger partial charge is 0.203 e. The molecular formula is C21H18BrN3O3S. The molecule has 0 radical (unpaired) electrons. The largest absolute Gasteiger partial charge is 0.493 e. The molecule has 8 heteroatoms. The Morgan fingerprint density at radius 1 is 1.10 bits per heavy atom. The highest BCUT2D eigenvalue weighted by Crippen LogP contribution is 2.40. The fourth-order valence-corrected chi connectivity index (χ4v) is 3.67. The third-order valence-electron chi connectivity index (χ3n) is 4.04. The zero-order valence-electron chi connectivity index (χ0n) is 16.0. The van der Waals surface area contributed by atoms with Gasteiger partial charge < -0.3 is 19.5 Å². The van der Waals surface area contributed by atoms with Crippen LogP contribution in [-0.2, 0) is 0 Å². The van der Waals surface area contributed by atoms with Gasteiger partial charge in [0.2, 0.25) is 5.75 Å². The minimum absolute atomic E-state index is 0.423. The fourth-order valence-electron chi connectivity index (χ4n) is 2.61. The summed E-state index contributed by atoms with van der Waals surface area (Å²) in [4.78, 5) is 4.59. The van der Waals surface area contributed by atoms with E-state index in [-0.39, 0.29) is 0 Å². The number of nitrogens with zero attached hydrogens (tertiary/aromatic N) is 2. The molecule has 0 aliphatic rings. The summed E-state index contributed by atoms with van der Waals surface area (Å²) in [7, 11) is 4.65. The Hall–Kier alpha value is -3.02. The average molecular weight is 472 g/mol. The van der Waals surface area contributed by atoms with Crippen molar-refractivity contribution in [3.05, 3.63) is 57.5 Å². The maximum atomic E-state index is 9.59. The molecule has 1 aromatic heterocycles. The molecule has 3 rings (SSSR count). The Morgan fingerprint density at radius 2 is 1.76 bits per heavy atom. The molecule has 6 nitrogen and oxygen atoms in total. The summed E-state index contributed by atoms with van der Waals surface area (Å²) in [5.41, 5.74) is 2.93. The molecule has 3 aromatic rings.